The minimum atomic E-state index is -0.406. The number of carbonyl (C=O) groups is 2. The van der Waals surface area contributed by atoms with Crippen LogP contribution in [0.2, 0.25) is 0 Å². The summed E-state index contributed by atoms with van der Waals surface area (Å²) in [5.74, 6) is -0.0209. The van der Waals surface area contributed by atoms with E-state index in [4.69, 9.17) is 0 Å². The smallest absolute Gasteiger partial charge is 0.230 e. The number of nitrogens with zero attached hydrogens (tertiary/aromatic N) is 2. The van der Waals surface area contributed by atoms with Gasteiger partial charge in [-0.05, 0) is 42.7 Å². The Morgan fingerprint density at radius 2 is 1.93 bits per heavy atom. The molecule has 1 spiro atoms. The first-order chi connectivity index (χ1) is 12.7. The lowest BCUT2D eigenvalue weighted by Gasteiger charge is -2.41. The molecule has 2 amide bonds. The van der Waals surface area contributed by atoms with E-state index in [1.165, 1.54) is 6.07 Å². The number of benzene rings is 1. The number of amides is 2. The van der Waals surface area contributed by atoms with Gasteiger partial charge in [0.05, 0.1) is 5.41 Å². The highest BCUT2D eigenvalue weighted by Crippen LogP contribution is 2.41. The fourth-order valence-electron chi connectivity index (χ4n) is 4.44. The van der Waals surface area contributed by atoms with E-state index >= 15 is 0 Å². The number of likely N-dealkylation sites (tertiary alicyclic amines) is 2. The monoisotopic (exact) mass is 374 g/mol. The molecule has 0 saturated carbocycles. The number of aryl methyl sites for hydroxylation is 1. The summed E-state index contributed by atoms with van der Waals surface area (Å²) in [5.41, 5.74) is 0.240. The Morgan fingerprint density at radius 3 is 2.63 bits per heavy atom. The number of carbonyl (C=O) groups excluding carboxylic acids is 2. The first kappa shape index (κ1) is 19.8. The van der Waals surface area contributed by atoms with E-state index in [2.05, 4.69) is 20.8 Å². The highest BCUT2D eigenvalue weighted by Gasteiger charge is 2.49. The lowest BCUT2D eigenvalue weighted by molar-refractivity contribution is -0.147. The summed E-state index contributed by atoms with van der Waals surface area (Å²) in [6.07, 6.45) is 3.30. The van der Waals surface area contributed by atoms with Gasteiger partial charge in [-0.1, -0.05) is 39.0 Å². The van der Waals surface area contributed by atoms with Gasteiger partial charge in [0, 0.05) is 32.6 Å². The van der Waals surface area contributed by atoms with Gasteiger partial charge >= 0.3 is 0 Å². The highest BCUT2D eigenvalue weighted by atomic mass is 19.1. The lowest BCUT2D eigenvalue weighted by Crippen LogP contribution is -2.52. The second-order valence-corrected chi connectivity index (χ2v) is 9.33. The first-order valence-corrected chi connectivity index (χ1v) is 10.0. The van der Waals surface area contributed by atoms with Crippen molar-refractivity contribution in [3.05, 3.63) is 35.6 Å². The topological polar surface area (TPSA) is 40.6 Å². The van der Waals surface area contributed by atoms with Crippen LogP contribution in [-0.4, -0.2) is 47.8 Å². The Balaban J connectivity index is 1.60. The van der Waals surface area contributed by atoms with Crippen LogP contribution in [0.25, 0.3) is 0 Å². The van der Waals surface area contributed by atoms with Gasteiger partial charge in [0.25, 0.3) is 0 Å². The van der Waals surface area contributed by atoms with Crippen LogP contribution >= 0.6 is 0 Å². The fraction of sp³-hybridized carbons (Fsp3) is 0.636. The van der Waals surface area contributed by atoms with Crippen LogP contribution in [0, 0.1) is 16.6 Å². The molecule has 0 aliphatic carbocycles. The molecule has 4 nitrogen and oxygen atoms in total. The van der Waals surface area contributed by atoms with Crippen molar-refractivity contribution < 1.29 is 14.0 Å². The van der Waals surface area contributed by atoms with E-state index < -0.39 is 5.41 Å². The van der Waals surface area contributed by atoms with Gasteiger partial charge < -0.3 is 9.80 Å². The van der Waals surface area contributed by atoms with E-state index in [1.54, 1.807) is 18.2 Å². The minimum Gasteiger partial charge on any atom is -0.342 e. The maximum absolute atomic E-state index is 13.8. The maximum Gasteiger partial charge on any atom is 0.230 e. The molecule has 1 aromatic carbocycles. The van der Waals surface area contributed by atoms with Crippen LogP contribution < -0.4 is 0 Å². The van der Waals surface area contributed by atoms with Gasteiger partial charge in [-0.3, -0.25) is 9.59 Å². The van der Waals surface area contributed by atoms with Crippen LogP contribution in [0.3, 0.4) is 0 Å². The van der Waals surface area contributed by atoms with Crippen molar-refractivity contribution in [3.63, 3.8) is 0 Å². The zero-order valence-electron chi connectivity index (χ0n) is 16.8. The zero-order chi connectivity index (χ0) is 19.7. The van der Waals surface area contributed by atoms with Crippen LogP contribution in [0.15, 0.2) is 24.3 Å². The van der Waals surface area contributed by atoms with Crippen molar-refractivity contribution in [1.29, 1.82) is 0 Å². The fourth-order valence-corrected chi connectivity index (χ4v) is 4.44. The normalized spacial score (nSPS) is 23.3. The van der Waals surface area contributed by atoms with E-state index in [9.17, 15) is 14.0 Å². The van der Waals surface area contributed by atoms with Crippen LogP contribution in [-0.2, 0) is 16.0 Å². The molecule has 5 heteroatoms. The lowest BCUT2D eigenvalue weighted by atomic mass is 9.77. The quantitative estimate of drug-likeness (QED) is 0.807. The van der Waals surface area contributed by atoms with Crippen LogP contribution in [0.4, 0.5) is 4.39 Å². The standard InChI is InChI=1S/C22H31FN2O2/c1-21(2,3)15-25-13-6-11-22(20(25)27)12-14-24(16-22)19(26)10-9-17-7-4-5-8-18(17)23/h4-5,7-8H,6,9-16H2,1-3H3. The molecule has 0 radical (unpaired) electrons. The summed E-state index contributed by atoms with van der Waals surface area (Å²) >= 11 is 0. The largest absolute Gasteiger partial charge is 0.342 e. The molecule has 2 saturated heterocycles. The predicted octanol–water partition coefficient (Wildman–Crippen LogP) is 3.65. The summed E-state index contributed by atoms with van der Waals surface area (Å²) in [7, 11) is 0. The van der Waals surface area contributed by atoms with Crippen LogP contribution in [0.1, 0.15) is 52.0 Å². The van der Waals surface area contributed by atoms with Gasteiger partial charge in [0.2, 0.25) is 11.8 Å². The van der Waals surface area contributed by atoms with Crippen molar-refractivity contribution in [2.24, 2.45) is 10.8 Å². The van der Waals surface area contributed by atoms with Gasteiger partial charge in [-0.25, -0.2) is 4.39 Å². The second-order valence-electron chi connectivity index (χ2n) is 9.33. The molecule has 3 rings (SSSR count). The van der Waals surface area contributed by atoms with E-state index in [1.807, 2.05) is 9.80 Å². The highest BCUT2D eigenvalue weighted by molar-refractivity contribution is 5.86. The minimum absolute atomic E-state index is 0.0240. The number of piperidine rings is 1. The molecule has 2 heterocycles. The molecule has 1 unspecified atom stereocenters. The molecule has 0 bridgehead atoms. The molecule has 2 aliphatic rings. The molecule has 2 fully saturated rings. The Morgan fingerprint density at radius 1 is 1.19 bits per heavy atom. The number of hydrogen-bond donors (Lipinski definition) is 0. The summed E-state index contributed by atoms with van der Waals surface area (Å²) in [5, 5.41) is 0. The van der Waals surface area contributed by atoms with Gasteiger partial charge in [0.1, 0.15) is 5.82 Å². The SMILES string of the molecule is CC(C)(C)CN1CCCC2(CCN(C(=O)CCc3ccccc3F)C2)C1=O. The van der Waals surface area contributed by atoms with Gasteiger partial charge in [-0.2, -0.15) is 0 Å². The van der Waals surface area contributed by atoms with Crippen molar-refractivity contribution in [2.75, 3.05) is 26.2 Å². The average molecular weight is 375 g/mol. The summed E-state index contributed by atoms with van der Waals surface area (Å²) in [6.45, 7) is 9.17. The number of rotatable bonds is 4. The molecule has 148 valence electrons. The molecule has 1 aromatic rings. The number of hydrogen-bond acceptors (Lipinski definition) is 2. The third kappa shape index (κ3) is 4.50. The molecular formula is C22H31FN2O2. The summed E-state index contributed by atoms with van der Waals surface area (Å²) < 4.78 is 13.8. The predicted molar refractivity (Wildman–Crippen MR) is 104 cm³/mol. The Kier molecular flexibility index (Phi) is 5.59. The third-order valence-electron chi connectivity index (χ3n) is 5.76. The second kappa shape index (κ2) is 7.61. The molecule has 27 heavy (non-hydrogen) atoms. The molecule has 2 aliphatic heterocycles. The van der Waals surface area contributed by atoms with E-state index in [0.717, 1.165) is 32.4 Å². The molecular weight excluding hydrogens is 343 g/mol. The zero-order valence-corrected chi connectivity index (χ0v) is 16.8. The van der Waals surface area contributed by atoms with Gasteiger partial charge in [0.15, 0.2) is 0 Å². The molecule has 0 N–H and O–H groups in total. The molecule has 1 atom stereocenters. The van der Waals surface area contributed by atoms with Crippen molar-refractivity contribution in [3.8, 4) is 0 Å². The van der Waals surface area contributed by atoms with Crippen LogP contribution in [0.5, 0.6) is 0 Å². The Bertz CT molecular complexity index is 713. The summed E-state index contributed by atoms with van der Waals surface area (Å²) in [4.78, 5) is 29.6. The van der Waals surface area contributed by atoms with Crippen molar-refractivity contribution >= 4 is 11.8 Å². The third-order valence-corrected chi connectivity index (χ3v) is 5.76. The summed E-state index contributed by atoms with van der Waals surface area (Å²) in [6, 6.07) is 6.60. The van der Waals surface area contributed by atoms with E-state index in [0.29, 0.717) is 25.1 Å². The molecule has 0 aromatic heterocycles. The van der Waals surface area contributed by atoms with Crippen molar-refractivity contribution in [1.82, 2.24) is 9.80 Å². The average Bonchev–Trinajstić information content (AvgIpc) is 3.02. The first-order valence-electron chi connectivity index (χ1n) is 10.0. The van der Waals surface area contributed by atoms with Gasteiger partial charge in [-0.15, -0.1) is 0 Å². The van der Waals surface area contributed by atoms with E-state index in [-0.39, 0.29) is 29.5 Å². The van der Waals surface area contributed by atoms with Crippen molar-refractivity contribution in [2.45, 2.75) is 52.9 Å². The Hall–Kier alpha value is -1.91. The Labute approximate surface area is 161 Å². The maximum atomic E-state index is 13.8. The number of halogens is 1.